The number of nitrogens with zero attached hydrogens (tertiary/aromatic N) is 4. The summed E-state index contributed by atoms with van der Waals surface area (Å²) in [7, 11) is 2.18. The number of hydrogen-bond acceptors (Lipinski definition) is 8. The number of nitrogens with two attached hydrogens (primary N) is 1. The van der Waals surface area contributed by atoms with Gasteiger partial charge >= 0.3 is 0 Å². The minimum atomic E-state index is 0.410. The Labute approximate surface area is 209 Å². The summed E-state index contributed by atoms with van der Waals surface area (Å²) >= 11 is 1.70. The van der Waals surface area contributed by atoms with Gasteiger partial charge in [0.1, 0.15) is 17.3 Å². The summed E-state index contributed by atoms with van der Waals surface area (Å²) < 4.78 is 3.61. The van der Waals surface area contributed by atoms with Crippen molar-refractivity contribution in [1.29, 1.82) is 0 Å². The molecule has 0 radical (unpaired) electrons. The number of piperidine rings is 1. The van der Waals surface area contributed by atoms with E-state index in [1.54, 1.807) is 24.3 Å². The van der Waals surface area contributed by atoms with Gasteiger partial charge in [-0.1, -0.05) is 5.92 Å². The lowest BCUT2D eigenvalue weighted by Crippen LogP contribution is -2.38. The van der Waals surface area contributed by atoms with E-state index < -0.39 is 0 Å². The highest BCUT2D eigenvalue weighted by Gasteiger charge is 2.16. The Balaban J connectivity index is 1.28. The molecule has 1 fully saturated rings. The third-order valence-corrected chi connectivity index (χ3v) is 6.95. The van der Waals surface area contributed by atoms with Gasteiger partial charge in [-0.2, -0.15) is 0 Å². The fraction of sp³-hybridized carbons (Fsp3) is 0.222. The zero-order valence-corrected chi connectivity index (χ0v) is 20.3. The molecule has 0 amide bonds. The van der Waals surface area contributed by atoms with Gasteiger partial charge in [0, 0.05) is 46.0 Å². The number of fused-ring (bicyclic) bond motifs is 1. The Morgan fingerprint density at radius 3 is 2.63 bits per heavy atom. The first-order valence-corrected chi connectivity index (χ1v) is 12.4. The molecule has 7 nitrogen and oxygen atoms in total. The third-order valence-electron chi connectivity index (χ3n) is 5.99. The Hall–Kier alpha value is -3.64. The molecule has 1 aromatic carbocycles. The second-order valence-corrected chi connectivity index (χ2v) is 9.49. The highest BCUT2D eigenvalue weighted by atomic mass is 32.2. The number of pyridine rings is 3. The molecule has 1 aliphatic rings. The predicted molar refractivity (Wildman–Crippen MR) is 143 cm³/mol. The van der Waals surface area contributed by atoms with Crippen molar-refractivity contribution in [1.82, 2.24) is 24.6 Å². The fourth-order valence-corrected chi connectivity index (χ4v) is 4.73. The van der Waals surface area contributed by atoms with Crippen molar-refractivity contribution in [2.75, 3.05) is 31.2 Å². The van der Waals surface area contributed by atoms with Crippen LogP contribution in [0.4, 0.5) is 17.3 Å². The van der Waals surface area contributed by atoms with Crippen LogP contribution in [0, 0.1) is 11.8 Å². The Bertz CT molecular complexity index is 1370. The zero-order valence-electron chi connectivity index (χ0n) is 19.5. The largest absolute Gasteiger partial charge is 0.383 e. The average molecular weight is 482 g/mol. The maximum absolute atomic E-state index is 5.92. The maximum Gasteiger partial charge on any atom is 0.139 e. The molecule has 4 heterocycles. The van der Waals surface area contributed by atoms with Crippen LogP contribution in [0.2, 0.25) is 0 Å². The minimum Gasteiger partial charge on any atom is -0.383 e. The number of hydrogen-bond donors (Lipinski definition) is 3. The lowest BCUT2D eigenvalue weighted by molar-refractivity contribution is 0.250. The average Bonchev–Trinajstić information content (AvgIpc) is 2.89. The number of anilines is 3. The predicted octanol–water partition coefficient (Wildman–Crippen LogP) is 4.44. The van der Waals surface area contributed by atoms with Gasteiger partial charge in [0.2, 0.25) is 0 Å². The van der Waals surface area contributed by atoms with E-state index in [1.807, 2.05) is 30.5 Å². The van der Waals surface area contributed by atoms with Crippen molar-refractivity contribution < 1.29 is 0 Å². The Kier molecular flexibility index (Phi) is 7.09. The SMILES string of the molecule is CN1CCC(NSc2ccc(Nc3cc4c(C#Cc5cccnc5N)nccc4cn3)cc2)CC1. The molecule has 0 spiro atoms. The van der Waals surface area contributed by atoms with Crippen LogP contribution in [0.5, 0.6) is 0 Å². The van der Waals surface area contributed by atoms with Gasteiger partial charge in [-0.15, -0.1) is 0 Å². The number of rotatable bonds is 5. The van der Waals surface area contributed by atoms with Crippen molar-refractivity contribution in [2.45, 2.75) is 23.8 Å². The van der Waals surface area contributed by atoms with Crippen molar-refractivity contribution in [3.05, 3.63) is 78.4 Å². The van der Waals surface area contributed by atoms with Crippen molar-refractivity contribution in [3.63, 3.8) is 0 Å². The molecule has 176 valence electrons. The van der Waals surface area contributed by atoms with Crippen molar-refractivity contribution in [2.24, 2.45) is 0 Å². The molecule has 0 saturated carbocycles. The molecule has 4 N–H and O–H groups in total. The molecule has 0 bridgehead atoms. The molecule has 35 heavy (non-hydrogen) atoms. The van der Waals surface area contributed by atoms with E-state index in [-0.39, 0.29) is 0 Å². The van der Waals surface area contributed by atoms with Crippen LogP contribution in [0.3, 0.4) is 0 Å². The number of likely N-dealkylation sites (tertiary alicyclic amines) is 1. The van der Waals surface area contributed by atoms with Crippen LogP contribution in [0.15, 0.2) is 72.0 Å². The van der Waals surface area contributed by atoms with E-state index in [0.29, 0.717) is 23.1 Å². The standard InChI is InChI=1S/C27H27N7S/c1-34-15-11-22(12-16-34)33-35-23-7-5-21(6-8-23)32-26-17-24-20(18-31-26)10-14-29-25(24)9-4-19-3-2-13-30-27(19)28/h2-3,5-8,10,13-14,17-18,22,33H,11-12,15-16H2,1H3,(H2,28,30)(H,31,32). The molecule has 3 aromatic heterocycles. The second-order valence-electron chi connectivity index (χ2n) is 8.58. The molecule has 0 aliphatic carbocycles. The number of nitrogen functional groups attached to an aromatic ring is 1. The first kappa shape index (κ1) is 23.1. The topological polar surface area (TPSA) is 92.0 Å². The molecule has 0 unspecified atom stereocenters. The van der Waals surface area contributed by atoms with Crippen LogP contribution in [-0.2, 0) is 0 Å². The normalized spacial score (nSPS) is 14.4. The Morgan fingerprint density at radius 2 is 1.83 bits per heavy atom. The lowest BCUT2D eigenvalue weighted by Gasteiger charge is -2.29. The molecule has 5 rings (SSSR count). The van der Waals surface area contributed by atoms with Gasteiger partial charge in [0.05, 0.1) is 5.56 Å². The van der Waals surface area contributed by atoms with E-state index in [9.17, 15) is 0 Å². The number of nitrogens with one attached hydrogen (secondary N) is 2. The summed E-state index contributed by atoms with van der Waals surface area (Å²) in [5.41, 5.74) is 8.24. The summed E-state index contributed by atoms with van der Waals surface area (Å²) in [5, 5.41) is 5.29. The van der Waals surface area contributed by atoms with Gasteiger partial charge < -0.3 is 16.0 Å². The smallest absolute Gasteiger partial charge is 0.139 e. The monoisotopic (exact) mass is 481 g/mol. The van der Waals surface area contributed by atoms with E-state index in [0.717, 1.165) is 35.4 Å². The first-order chi connectivity index (χ1) is 17.1. The van der Waals surface area contributed by atoms with Crippen molar-refractivity contribution in [3.8, 4) is 11.8 Å². The van der Waals surface area contributed by atoms with Crippen LogP contribution in [0.1, 0.15) is 24.1 Å². The lowest BCUT2D eigenvalue weighted by atomic mass is 10.1. The summed E-state index contributed by atoms with van der Waals surface area (Å²) in [6, 6.07) is 16.5. The van der Waals surface area contributed by atoms with Crippen LogP contribution in [-0.4, -0.2) is 46.0 Å². The quantitative estimate of drug-likeness (QED) is 0.285. The first-order valence-electron chi connectivity index (χ1n) is 11.6. The summed E-state index contributed by atoms with van der Waals surface area (Å²) in [6.45, 7) is 2.31. The second kappa shape index (κ2) is 10.7. The molecule has 0 atom stereocenters. The van der Waals surface area contributed by atoms with Crippen LogP contribution >= 0.6 is 11.9 Å². The molecular weight excluding hydrogens is 454 g/mol. The third kappa shape index (κ3) is 5.89. The summed E-state index contributed by atoms with van der Waals surface area (Å²) in [5.74, 6) is 7.37. The Morgan fingerprint density at radius 1 is 1.00 bits per heavy atom. The van der Waals surface area contributed by atoms with Crippen molar-refractivity contribution >= 4 is 40.0 Å². The highest BCUT2D eigenvalue weighted by Crippen LogP contribution is 2.24. The molecular formula is C27H27N7S. The zero-order chi connectivity index (χ0) is 24.0. The van der Waals surface area contributed by atoms with Gasteiger partial charge in [0.15, 0.2) is 0 Å². The van der Waals surface area contributed by atoms with Gasteiger partial charge in [-0.25, -0.2) is 15.0 Å². The van der Waals surface area contributed by atoms with E-state index >= 15 is 0 Å². The van der Waals surface area contributed by atoms with Gasteiger partial charge in [0.25, 0.3) is 0 Å². The number of benzene rings is 1. The van der Waals surface area contributed by atoms with E-state index in [4.69, 9.17) is 5.73 Å². The van der Waals surface area contributed by atoms with Crippen LogP contribution < -0.4 is 15.8 Å². The minimum absolute atomic E-state index is 0.410. The molecule has 1 aliphatic heterocycles. The number of aromatic nitrogens is 3. The fourth-order valence-electron chi connectivity index (χ4n) is 3.92. The summed E-state index contributed by atoms with van der Waals surface area (Å²) in [4.78, 5) is 16.7. The molecule has 4 aromatic rings. The van der Waals surface area contributed by atoms with Gasteiger partial charge in [-0.3, -0.25) is 4.72 Å². The molecule has 1 saturated heterocycles. The van der Waals surface area contributed by atoms with Gasteiger partial charge in [-0.05, 0) is 99.4 Å². The summed E-state index contributed by atoms with van der Waals surface area (Å²) in [6.07, 6.45) is 7.60. The highest BCUT2D eigenvalue weighted by molar-refractivity contribution is 7.97. The van der Waals surface area contributed by atoms with E-state index in [1.165, 1.54) is 17.7 Å². The molecule has 8 heteroatoms. The maximum atomic E-state index is 5.92. The van der Waals surface area contributed by atoms with E-state index in [2.05, 4.69) is 73.0 Å². The van der Waals surface area contributed by atoms with Crippen LogP contribution in [0.25, 0.3) is 10.8 Å².